The molecule has 86 valence electrons. The number of aryl methyl sites for hydroxylation is 1. The third-order valence-electron chi connectivity index (χ3n) is 2.15. The van der Waals surface area contributed by atoms with E-state index in [1.165, 1.54) is 13.2 Å². The fraction of sp³-hybridized carbons (Fsp3) is 0.273. The van der Waals surface area contributed by atoms with Crippen LogP contribution < -0.4 is 4.74 Å². The van der Waals surface area contributed by atoms with E-state index in [1.807, 2.05) is 0 Å². The molecule has 0 unspecified atom stereocenters. The Morgan fingerprint density at radius 2 is 2.00 bits per heavy atom. The Bertz CT molecular complexity index is 411. The van der Waals surface area contributed by atoms with Crippen LogP contribution >= 0.6 is 0 Å². The molecule has 1 rings (SSSR count). The second-order valence-corrected chi connectivity index (χ2v) is 3.19. The van der Waals surface area contributed by atoms with Crippen LogP contribution in [-0.2, 0) is 11.2 Å². The van der Waals surface area contributed by atoms with E-state index in [-0.39, 0.29) is 24.2 Å². The minimum atomic E-state index is -1.11. The van der Waals surface area contributed by atoms with Crippen LogP contribution in [0.25, 0.3) is 0 Å². The maximum absolute atomic E-state index is 11.0. The number of aliphatic carboxylic acids is 1. The zero-order valence-corrected chi connectivity index (χ0v) is 8.77. The Balaban J connectivity index is 3.07. The molecule has 0 aliphatic rings. The number of aromatic carboxylic acids is 1. The SMILES string of the molecule is COc1cccc(CCC(=O)O)c1C(=O)O. The summed E-state index contributed by atoms with van der Waals surface area (Å²) in [5, 5.41) is 17.6. The molecule has 0 aliphatic heterocycles. The number of carbonyl (C=O) groups is 2. The molecule has 1 aromatic rings. The zero-order valence-electron chi connectivity index (χ0n) is 8.77. The van der Waals surface area contributed by atoms with Gasteiger partial charge in [-0.2, -0.15) is 0 Å². The third-order valence-corrected chi connectivity index (χ3v) is 2.15. The number of methoxy groups -OCH3 is 1. The number of hydrogen-bond donors (Lipinski definition) is 2. The van der Waals surface area contributed by atoms with Crippen LogP contribution in [0.4, 0.5) is 0 Å². The summed E-state index contributed by atoms with van der Waals surface area (Å²) in [5.41, 5.74) is 0.500. The number of hydrogen-bond acceptors (Lipinski definition) is 3. The first-order chi connectivity index (χ1) is 7.56. The van der Waals surface area contributed by atoms with E-state index in [0.717, 1.165) is 0 Å². The molecule has 1 aromatic carbocycles. The van der Waals surface area contributed by atoms with E-state index in [2.05, 4.69) is 0 Å². The normalized spacial score (nSPS) is 9.81. The van der Waals surface area contributed by atoms with Crippen molar-refractivity contribution < 1.29 is 24.5 Å². The molecule has 0 saturated heterocycles. The number of benzene rings is 1. The predicted octanol–water partition coefficient (Wildman–Crippen LogP) is 1.41. The van der Waals surface area contributed by atoms with Crippen LogP contribution in [0.3, 0.4) is 0 Å². The molecule has 2 N–H and O–H groups in total. The summed E-state index contributed by atoms with van der Waals surface area (Å²) in [6, 6.07) is 4.77. The molecule has 0 amide bonds. The smallest absolute Gasteiger partial charge is 0.339 e. The van der Waals surface area contributed by atoms with Crippen LogP contribution in [0, 0.1) is 0 Å². The number of carboxylic acids is 2. The molecule has 5 heteroatoms. The van der Waals surface area contributed by atoms with Gasteiger partial charge < -0.3 is 14.9 Å². The minimum absolute atomic E-state index is 0.0336. The van der Waals surface area contributed by atoms with Gasteiger partial charge in [0.1, 0.15) is 11.3 Å². The molecule has 0 aliphatic carbocycles. The Labute approximate surface area is 92.3 Å². The molecule has 0 aromatic heterocycles. The van der Waals surface area contributed by atoms with Gasteiger partial charge in [-0.05, 0) is 18.1 Å². The average Bonchev–Trinajstić information content (AvgIpc) is 2.25. The second-order valence-electron chi connectivity index (χ2n) is 3.19. The lowest BCUT2D eigenvalue weighted by Crippen LogP contribution is -2.07. The summed E-state index contributed by atoms with van der Waals surface area (Å²) in [7, 11) is 1.38. The van der Waals surface area contributed by atoms with Crippen molar-refractivity contribution >= 4 is 11.9 Å². The van der Waals surface area contributed by atoms with Crippen LogP contribution in [0.5, 0.6) is 5.75 Å². The first-order valence-corrected chi connectivity index (χ1v) is 4.67. The minimum Gasteiger partial charge on any atom is -0.496 e. The van der Waals surface area contributed by atoms with Crippen molar-refractivity contribution in [1.82, 2.24) is 0 Å². The van der Waals surface area contributed by atoms with Crippen molar-refractivity contribution in [2.75, 3.05) is 7.11 Å². The lowest BCUT2D eigenvalue weighted by molar-refractivity contribution is -0.136. The Kier molecular flexibility index (Phi) is 3.88. The van der Waals surface area contributed by atoms with Crippen molar-refractivity contribution in [3.8, 4) is 5.75 Å². The van der Waals surface area contributed by atoms with Gasteiger partial charge >= 0.3 is 11.9 Å². The highest BCUT2D eigenvalue weighted by Gasteiger charge is 2.16. The van der Waals surface area contributed by atoms with Gasteiger partial charge in [-0.3, -0.25) is 4.79 Å². The van der Waals surface area contributed by atoms with Crippen LogP contribution in [0.2, 0.25) is 0 Å². The highest BCUT2D eigenvalue weighted by Crippen LogP contribution is 2.23. The molecular weight excluding hydrogens is 212 g/mol. The Hall–Kier alpha value is -2.04. The fourth-order valence-corrected chi connectivity index (χ4v) is 1.44. The third kappa shape index (κ3) is 2.73. The monoisotopic (exact) mass is 224 g/mol. The van der Waals surface area contributed by atoms with Gasteiger partial charge in [0.15, 0.2) is 0 Å². The predicted molar refractivity (Wildman–Crippen MR) is 55.9 cm³/mol. The standard InChI is InChI=1S/C11H12O5/c1-16-8-4-2-3-7(5-6-9(12)13)10(8)11(14)15/h2-4H,5-6H2,1H3,(H,12,13)(H,14,15). The quantitative estimate of drug-likeness (QED) is 0.790. The van der Waals surface area contributed by atoms with E-state index in [1.54, 1.807) is 12.1 Å². The summed E-state index contributed by atoms with van der Waals surface area (Å²) >= 11 is 0. The topological polar surface area (TPSA) is 83.8 Å². The van der Waals surface area contributed by atoms with Gasteiger partial charge in [0.25, 0.3) is 0 Å². The molecule has 0 bridgehead atoms. The van der Waals surface area contributed by atoms with Gasteiger partial charge in [0.2, 0.25) is 0 Å². The number of rotatable bonds is 5. The van der Waals surface area contributed by atoms with E-state index in [9.17, 15) is 9.59 Å². The first-order valence-electron chi connectivity index (χ1n) is 4.67. The van der Waals surface area contributed by atoms with Crippen LogP contribution in [-0.4, -0.2) is 29.3 Å². The lowest BCUT2D eigenvalue weighted by Gasteiger charge is -2.09. The largest absolute Gasteiger partial charge is 0.496 e. The summed E-state index contributed by atoms with van der Waals surface area (Å²) in [5.74, 6) is -1.83. The molecule has 0 heterocycles. The van der Waals surface area contributed by atoms with Crippen LogP contribution in [0.15, 0.2) is 18.2 Å². The van der Waals surface area contributed by atoms with Gasteiger partial charge in [-0.15, -0.1) is 0 Å². The summed E-state index contributed by atoms with van der Waals surface area (Å²) in [6.45, 7) is 0. The molecular formula is C11H12O5. The van der Waals surface area contributed by atoms with Gasteiger partial charge in [0, 0.05) is 6.42 Å². The maximum Gasteiger partial charge on any atom is 0.339 e. The average molecular weight is 224 g/mol. The molecule has 5 nitrogen and oxygen atoms in total. The van der Waals surface area contributed by atoms with Crippen molar-refractivity contribution in [2.24, 2.45) is 0 Å². The molecule has 0 radical (unpaired) electrons. The van der Waals surface area contributed by atoms with Crippen molar-refractivity contribution in [2.45, 2.75) is 12.8 Å². The molecule has 0 atom stereocenters. The maximum atomic E-state index is 11.0. The first kappa shape index (κ1) is 12.0. The van der Waals surface area contributed by atoms with E-state index >= 15 is 0 Å². The molecule has 0 spiro atoms. The van der Waals surface area contributed by atoms with Gasteiger partial charge in [-0.1, -0.05) is 12.1 Å². The zero-order chi connectivity index (χ0) is 12.1. The molecule has 0 fully saturated rings. The highest BCUT2D eigenvalue weighted by atomic mass is 16.5. The van der Waals surface area contributed by atoms with Crippen molar-refractivity contribution in [1.29, 1.82) is 0 Å². The van der Waals surface area contributed by atoms with Crippen molar-refractivity contribution in [3.63, 3.8) is 0 Å². The van der Waals surface area contributed by atoms with Gasteiger partial charge in [0.05, 0.1) is 7.11 Å². The highest BCUT2D eigenvalue weighted by molar-refractivity contribution is 5.92. The number of carboxylic acid groups (broad SMARTS) is 2. The van der Waals surface area contributed by atoms with Crippen LogP contribution in [0.1, 0.15) is 22.3 Å². The fourth-order valence-electron chi connectivity index (χ4n) is 1.44. The second kappa shape index (κ2) is 5.16. The Morgan fingerprint density at radius 3 is 2.50 bits per heavy atom. The summed E-state index contributed by atoms with van der Waals surface area (Å²) in [4.78, 5) is 21.4. The van der Waals surface area contributed by atoms with Crippen molar-refractivity contribution in [3.05, 3.63) is 29.3 Å². The van der Waals surface area contributed by atoms with E-state index in [0.29, 0.717) is 5.56 Å². The Morgan fingerprint density at radius 1 is 1.31 bits per heavy atom. The van der Waals surface area contributed by atoms with E-state index in [4.69, 9.17) is 14.9 Å². The molecule has 0 saturated carbocycles. The number of ether oxygens (including phenoxy) is 1. The summed E-state index contributed by atoms with van der Waals surface area (Å²) in [6.07, 6.45) is 0.0710. The summed E-state index contributed by atoms with van der Waals surface area (Å²) < 4.78 is 4.93. The lowest BCUT2D eigenvalue weighted by atomic mass is 10.0. The molecule has 16 heavy (non-hydrogen) atoms. The van der Waals surface area contributed by atoms with Gasteiger partial charge in [-0.25, -0.2) is 4.79 Å². The van der Waals surface area contributed by atoms with E-state index < -0.39 is 11.9 Å².